The number of nitrogens with zero attached hydrogens (tertiary/aromatic N) is 1. The van der Waals surface area contributed by atoms with Crippen molar-refractivity contribution in [2.75, 3.05) is 11.4 Å². The second-order valence-electron chi connectivity index (χ2n) is 7.40. The van der Waals surface area contributed by atoms with E-state index in [1.54, 1.807) is 17.0 Å². The van der Waals surface area contributed by atoms with E-state index in [4.69, 9.17) is 0 Å². The first-order valence-corrected chi connectivity index (χ1v) is 9.26. The first kappa shape index (κ1) is 16.3. The van der Waals surface area contributed by atoms with Crippen molar-refractivity contribution in [3.8, 4) is 0 Å². The van der Waals surface area contributed by atoms with E-state index in [1.807, 2.05) is 0 Å². The lowest BCUT2D eigenvalue weighted by atomic mass is 9.93. The van der Waals surface area contributed by atoms with E-state index in [1.165, 1.54) is 25.0 Å². The molecule has 0 bridgehead atoms. The Morgan fingerprint density at radius 2 is 1.96 bits per heavy atom. The minimum Gasteiger partial charge on any atom is -0.350 e. The molecule has 2 amide bonds. The summed E-state index contributed by atoms with van der Waals surface area (Å²) in [4.78, 5) is 26.7. The molecule has 2 aliphatic carbocycles. The van der Waals surface area contributed by atoms with E-state index in [0.717, 1.165) is 32.1 Å². The van der Waals surface area contributed by atoms with Crippen LogP contribution in [0.1, 0.15) is 50.5 Å². The number of anilines is 1. The van der Waals surface area contributed by atoms with Crippen molar-refractivity contribution in [3.05, 3.63) is 35.7 Å². The Hall–Kier alpha value is -2.17. The predicted molar refractivity (Wildman–Crippen MR) is 94.5 cm³/mol. The van der Waals surface area contributed by atoms with Crippen LogP contribution >= 0.6 is 0 Å². The molecule has 4 rings (SSSR count). The van der Waals surface area contributed by atoms with Crippen LogP contribution in [0.4, 0.5) is 10.1 Å². The molecule has 1 aromatic carbocycles. The third-order valence-corrected chi connectivity index (χ3v) is 5.66. The van der Waals surface area contributed by atoms with Gasteiger partial charge in [-0.15, -0.1) is 0 Å². The van der Waals surface area contributed by atoms with Crippen LogP contribution < -0.4 is 10.2 Å². The fraction of sp³-hybridized carbons (Fsp3) is 0.500. The van der Waals surface area contributed by atoms with E-state index in [-0.39, 0.29) is 17.9 Å². The van der Waals surface area contributed by atoms with Gasteiger partial charge >= 0.3 is 0 Å². The molecule has 0 radical (unpaired) electrons. The molecule has 1 aliphatic heterocycles. The van der Waals surface area contributed by atoms with Gasteiger partial charge in [-0.3, -0.25) is 9.59 Å². The number of para-hydroxylation sites is 1. The van der Waals surface area contributed by atoms with Crippen molar-refractivity contribution in [1.29, 1.82) is 0 Å². The SMILES string of the molecule is O=C(/C=C1/C(=O)N(CC2CCCC2)c2c(F)cccc21)NC1CCC1. The Bertz CT molecular complexity index is 733. The number of fused-ring (bicyclic) bond motifs is 1. The van der Waals surface area contributed by atoms with Crippen molar-refractivity contribution in [2.24, 2.45) is 5.92 Å². The van der Waals surface area contributed by atoms with Gasteiger partial charge in [0.25, 0.3) is 5.91 Å². The van der Waals surface area contributed by atoms with Gasteiger partial charge in [0.2, 0.25) is 5.91 Å². The number of nitrogens with one attached hydrogen (secondary N) is 1. The van der Waals surface area contributed by atoms with Gasteiger partial charge in [-0.05, 0) is 44.1 Å². The molecule has 3 aliphatic rings. The van der Waals surface area contributed by atoms with Crippen LogP contribution in [0.15, 0.2) is 24.3 Å². The molecule has 0 spiro atoms. The quantitative estimate of drug-likeness (QED) is 0.853. The first-order valence-electron chi connectivity index (χ1n) is 9.26. The normalized spacial score (nSPS) is 22.4. The van der Waals surface area contributed by atoms with Gasteiger partial charge in [-0.1, -0.05) is 25.0 Å². The smallest absolute Gasteiger partial charge is 0.259 e. The van der Waals surface area contributed by atoms with Crippen LogP contribution in [-0.4, -0.2) is 24.4 Å². The molecular weight excluding hydrogens is 319 g/mol. The summed E-state index contributed by atoms with van der Waals surface area (Å²) in [6.07, 6.45) is 8.96. The van der Waals surface area contributed by atoms with E-state index >= 15 is 0 Å². The predicted octanol–water partition coefficient (Wildman–Crippen LogP) is 3.41. The Balaban J connectivity index is 1.62. The van der Waals surface area contributed by atoms with Crippen molar-refractivity contribution in [3.63, 3.8) is 0 Å². The van der Waals surface area contributed by atoms with Crippen LogP contribution in [0.5, 0.6) is 0 Å². The summed E-state index contributed by atoms with van der Waals surface area (Å²) in [6, 6.07) is 4.92. The maximum Gasteiger partial charge on any atom is 0.259 e. The summed E-state index contributed by atoms with van der Waals surface area (Å²) in [5.41, 5.74) is 1.18. The summed E-state index contributed by atoms with van der Waals surface area (Å²) in [7, 11) is 0. The number of amides is 2. The Morgan fingerprint density at radius 3 is 2.64 bits per heavy atom. The molecule has 0 saturated heterocycles. The summed E-state index contributed by atoms with van der Waals surface area (Å²) in [5, 5.41) is 2.92. The lowest BCUT2D eigenvalue weighted by Gasteiger charge is -2.25. The highest BCUT2D eigenvalue weighted by Gasteiger charge is 2.37. The van der Waals surface area contributed by atoms with Gasteiger partial charge < -0.3 is 10.2 Å². The molecule has 0 aromatic heterocycles. The molecular formula is C20H23FN2O2. The zero-order valence-electron chi connectivity index (χ0n) is 14.3. The third-order valence-electron chi connectivity index (χ3n) is 5.66. The number of hydrogen-bond donors (Lipinski definition) is 1. The fourth-order valence-corrected chi connectivity index (χ4v) is 4.06. The Morgan fingerprint density at radius 1 is 1.20 bits per heavy atom. The van der Waals surface area contributed by atoms with Crippen molar-refractivity contribution in [2.45, 2.75) is 51.0 Å². The number of halogens is 1. The highest BCUT2D eigenvalue weighted by atomic mass is 19.1. The number of carbonyl (C=O) groups excluding carboxylic acids is 2. The summed E-state index contributed by atoms with van der Waals surface area (Å²) in [6.45, 7) is 0.536. The lowest BCUT2D eigenvalue weighted by molar-refractivity contribution is -0.118. The topological polar surface area (TPSA) is 49.4 Å². The number of hydrogen-bond acceptors (Lipinski definition) is 2. The van der Waals surface area contributed by atoms with Crippen LogP contribution in [0.25, 0.3) is 5.57 Å². The van der Waals surface area contributed by atoms with Crippen LogP contribution in [0.2, 0.25) is 0 Å². The molecule has 25 heavy (non-hydrogen) atoms. The second kappa shape index (κ2) is 6.62. The van der Waals surface area contributed by atoms with Gasteiger partial charge in [0.05, 0.1) is 11.3 Å². The van der Waals surface area contributed by atoms with E-state index in [2.05, 4.69) is 5.32 Å². The van der Waals surface area contributed by atoms with Gasteiger partial charge in [0.1, 0.15) is 5.82 Å². The second-order valence-corrected chi connectivity index (χ2v) is 7.40. The standard InChI is InChI=1S/C20H23FN2O2/c21-17-10-4-9-15-16(11-18(24)22-14-7-3-8-14)20(25)23(19(15)17)12-13-5-1-2-6-13/h4,9-11,13-14H,1-3,5-8,12H2,(H,22,24)/b16-11+. The van der Waals surface area contributed by atoms with Gasteiger partial charge in [0, 0.05) is 24.2 Å². The molecule has 4 nitrogen and oxygen atoms in total. The number of rotatable bonds is 4. The molecule has 0 atom stereocenters. The van der Waals surface area contributed by atoms with E-state index in [9.17, 15) is 14.0 Å². The zero-order valence-corrected chi connectivity index (χ0v) is 14.3. The molecule has 1 aromatic rings. The fourth-order valence-electron chi connectivity index (χ4n) is 4.06. The largest absolute Gasteiger partial charge is 0.350 e. The van der Waals surface area contributed by atoms with Crippen molar-refractivity contribution >= 4 is 23.1 Å². The Kier molecular flexibility index (Phi) is 4.32. The summed E-state index contributed by atoms with van der Waals surface area (Å²) < 4.78 is 14.5. The number of benzene rings is 1. The van der Waals surface area contributed by atoms with Crippen LogP contribution in [-0.2, 0) is 9.59 Å². The van der Waals surface area contributed by atoms with Gasteiger partial charge in [0.15, 0.2) is 0 Å². The third kappa shape index (κ3) is 3.08. The molecule has 132 valence electrons. The highest BCUT2D eigenvalue weighted by Crippen LogP contribution is 2.40. The number of carbonyl (C=O) groups is 2. The molecule has 2 saturated carbocycles. The van der Waals surface area contributed by atoms with Crippen molar-refractivity contribution < 1.29 is 14.0 Å². The molecule has 2 fully saturated rings. The zero-order chi connectivity index (χ0) is 17.4. The van der Waals surface area contributed by atoms with E-state index < -0.39 is 5.82 Å². The van der Waals surface area contributed by atoms with Gasteiger partial charge in [-0.25, -0.2) is 4.39 Å². The maximum atomic E-state index is 14.5. The van der Waals surface area contributed by atoms with Crippen LogP contribution in [0.3, 0.4) is 0 Å². The minimum absolute atomic E-state index is 0.211. The average molecular weight is 342 g/mol. The molecule has 1 heterocycles. The van der Waals surface area contributed by atoms with E-state index in [0.29, 0.717) is 29.3 Å². The average Bonchev–Trinajstić information content (AvgIpc) is 3.14. The minimum atomic E-state index is -0.397. The molecule has 1 N–H and O–H groups in total. The summed E-state index contributed by atoms with van der Waals surface area (Å²) in [5.74, 6) is -0.493. The maximum absolute atomic E-state index is 14.5. The van der Waals surface area contributed by atoms with Crippen LogP contribution in [0, 0.1) is 11.7 Å². The molecule has 0 unspecified atom stereocenters. The first-order chi connectivity index (χ1) is 12.1. The summed E-state index contributed by atoms with van der Waals surface area (Å²) >= 11 is 0. The highest BCUT2D eigenvalue weighted by molar-refractivity contribution is 6.34. The molecule has 5 heteroatoms. The lowest BCUT2D eigenvalue weighted by Crippen LogP contribution is -2.39. The monoisotopic (exact) mass is 342 g/mol. The van der Waals surface area contributed by atoms with Crippen molar-refractivity contribution in [1.82, 2.24) is 5.32 Å². The van der Waals surface area contributed by atoms with Gasteiger partial charge in [-0.2, -0.15) is 0 Å². The Labute approximate surface area is 147 Å².